The second-order valence-electron chi connectivity index (χ2n) is 7.36. The minimum Gasteiger partial charge on any atom is -0.394 e. The molecule has 1 rings (SSSR count). The summed E-state index contributed by atoms with van der Waals surface area (Å²) in [6.45, 7) is 16.0. The first-order chi connectivity index (χ1) is 8.77. The van der Waals surface area contributed by atoms with E-state index in [1.807, 2.05) is 0 Å². The van der Waals surface area contributed by atoms with E-state index < -0.39 is 0 Å². The quantitative estimate of drug-likeness (QED) is 0.746. The molecule has 2 N–H and O–H groups in total. The van der Waals surface area contributed by atoms with Crippen molar-refractivity contribution in [2.45, 2.75) is 72.0 Å². The molecule has 114 valence electrons. The Kier molecular flexibility index (Phi) is 6.28. The number of likely N-dealkylation sites (tertiary alicyclic amines) is 1. The van der Waals surface area contributed by atoms with Gasteiger partial charge in [-0.3, -0.25) is 0 Å². The highest BCUT2D eigenvalue weighted by atomic mass is 16.3. The minimum atomic E-state index is -0.163. The molecule has 1 aliphatic heterocycles. The summed E-state index contributed by atoms with van der Waals surface area (Å²) in [6, 6.07) is 0.943. The maximum atomic E-state index is 9.69. The molecule has 3 nitrogen and oxygen atoms in total. The number of rotatable bonds is 7. The smallest absolute Gasteiger partial charge is 0.0611 e. The Morgan fingerprint density at radius 3 is 2.32 bits per heavy atom. The molecule has 3 unspecified atom stereocenters. The summed E-state index contributed by atoms with van der Waals surface area (Å²) in [5.74, 6) is 1.64. The first-order valence-electron chi connectivity index (χ1n) is 7.90. The number of hydrogen-bond acceptors (Lipinski definition) is 3. The molecule has 0 aliphatic carbocycles. The number of aliphatic hydroxyl groups is 1. The highest BCUT2D eigenvalue weighted by Crippen LogP contribution is 2.27. The van der Waals surface area contributed by atoms with E-state index in [4.69, 9.17) is 0 Å². The average molecular weight is 270 g/mol. The summed E-state index contributed by atoms with van der Waals surface area (Å²) < 4.78 is 0. The van der Waals surface area contributed by atoms with Gasteiger partial charge in [0.2, 0.25) is 0 Å². The summed E-state index contributed by atoms with van der Waals surface area (Å²) in [7, 11) is 0. The van der Waals surface area contributed by atoms with Crippen molar-refractivity contribution in [2.24, 2.45) is 11.8 Å². The van der Waals surface area contributed by atoms with Gasteiger partial charge in [-0.15, -0.1) is 0 Å². The van der Waals surface area contributed by atoms with E-state index in [2.05, 4.69) is 51.8 Å². The average Bonchev–Trinajstić information content (AvgIpc) is 2.77. The molecule has 1 fully saturated rings. The lowest BCUT2D eigenvalue weighted by atomic mass is 9.92. The van der Waals surface area contributed by atoms with Gasteiger partial charge in [0.25, 0.3) is 0 Å². The van der Waals surface area contributed by atoms with Crippen LogP contribution in [0.1, 0.15) is 54.4 Å². The van der Waals surface area contributed by atoms with Crippen molar-refractivity contribution in [3.05, 3.63) is 0 Å². The van der Waals surface area contributed by atoms with Gasteiger partial charge >= 0.3 is 0 Å². The van der Waals surface area contributed by atoms with E-state index in [0.717, 1.165) is 18.3 Å². The van der Waals surface area contributed by atoms with Gasteiger partial charge in [0, 0.05) is 24.2 Å². The number of hydrogen-bond donors (Lipinski definition) is 2. The Morgan fingerprint density at radius 2 is 1.89 bits per heavy atom. The van der Waals surface area contributed by atoms with Gasteiger partial charge in [0.1, 0.15) is 0 Å². The number of nitrogens with one attached hydrogen (secondary N) is 1. The van der Waals surface area contributed by atoms with Crippen LogP contribution in [0.5, 0.6) is 0 Å². The van der Waals surface area contributed by atoms with Gasteiger partial charge < -0.3 is 15.3 Å². The predicted molar refractivity (Wildman–Crippen MR) is 82.4 cm³/mol. The third-order valence-corrected chi connectivity index (χ3v) is 4.55. The van der Waals surface area contributed by atoms with Gasteiger partial charge in [0.05, 0.1) is 6.61 Å². The van der Waals surface area contributed by atoms with E-state index in [0.29, 0.717) is 12.1 Å². The molecule has 0 aromatic rings. The van der Waals surface area contributed by atoms with Gasteiger partial charge in [-0.05, 0) is 45.1 Å². The Hall–Kier alpha value is -0.120. The van der Waals surface area contributed by atoms with Crippen LogP contribution >= 0.6 is 0 Å². The standard InChI is InChI=1S/C16H34N2O/c1-12(2)15-7-8-18(10-15)14(5)9-16(6,11-19)17-13(3)4/h12-15,17,19H,7-11H2,1-6H3. The van der Waals surface area contributed by atoms with Gasteiger partial charge in [-0.2, -0.15) is 0 Å². The van der Waals surface area contributed by atoms with Crippen LogP contribution in [0.3, 0.4) is 0 Å². The molecular weight excluding hydrogens is 236 g/mol. The number of aliphatic hydroxyl groups excluding tert-OH is 1. The lowest BCUT2D eigenvalue weighted by Crippen LogP contribution is -2.52. The zero-order chi connectivity index (χ0) is 14.6. The van der Waals surface area contributed by atoms with Crippen LogP contribution in [0, 0.1) is 11.8 Å². The second kappa shape index (κ2) is 7.05. The molecule has 0 saturated carbocycles. The summed E-state index contributed by atoms with van der Waals surface area (Å²) >= 11 is 0. The molecule has 1 aliphatic rings. The molecule has 0 amide bonds. The molecule has 1 heterocycles. The lowest BCUT2D eigenvalue weighted by molar-refractivity contribution is 0.116. The third kappa shape index (κ3) is 5.05. The van der Waals surface area contributed by atoms with E-state index in [1.54, 1.807) is 0 Å². The first kappa shape index (κ1) is 16.9. The molecule has 1 saturated heterocycles. The minimum absolute atomic E-state index is 0.163. The molecule has 0 radical (unpaired) electrons. The second-order valence-corrected chi connectivity index (χ2v) is 7.36. The Balaban J connectivity index is 2.52. The zero-order valence-corrected chi connectivity index (χ0v) is 13.7. The normalized spacial score (nSPS) is 26.1. The molecule has 0 aromatic heterocycles. The van der Waals surface area contributed by atoms with Crippen LogP contribution in [0.15, 0.2) is 0 Å². The third-order valence-electron chi connectivity index (χ3n) is 4.55. The zero-order valence-electron chi connectivity index (χ0n) is 13.7. The SMILES string of the molecule is CC(C)NC(C)(CO)CC(C)N1CCC(C(C)C)C1. The fourth-order valence-electron chi connectivity index (χ4n) is 3.41. The van der Waals surface area contributed by atoms with Gasteiger partial charge in [-0.25, -0.2) is 0 Å². The Morgan fingerprint density at radius 1 is 1.26 bits per heavy atom. The van der Waals surface area contributed by atoms with Crippen LogP contribution in [0.2, 0.25) is 0 Å². The van der Waals surface area contributed by atoms with Crippen molar-refractivity contribution in [1.82, 2.24) is 10.2 Å². The van der Waals surface area contributed by atoms with Crippen LogP contribution in [0.25, 0.3) is 0 Å². The van der Waals surface area contributed by atoms with Crippen molar-refractivity contribution in [3.8, 4) is 0 Å². The molecular formula is C16H34N2O. The van der Waals surface area contributed by atoms with Crippen LogP contribution < -0.4 is 5.32 Å². The van der Waals surface area contributed by atoms with E-state index in [1.165, 1.54) is 19.5 Å². The largest absolute Gasteiger partial charge is 0.394 e. The van der Waals surface area contributed by atoms with Gasteiger partial charge in [-0.1, -0.05) is 27.7 Å². The fraction of sp³-hybridized carbons (Fsp3) is 1.00. The monoisotopic (exact) mass is 270 g/mol. The molecule has 0 spiro atoms. The summed E-state index contributed by atoms with van der Waals surface area (Å²) in [5.41, 5.74) is -0.163. The van der Waals surface area contributed by atoms with Crippen molar-refractivity contribution in [2.75, 3.05) is 19.7 Å². The van der Waals surface area contributed by atoms with Crippen molar-refractivity contribution < 1.29 is 5.11 Å². The Labute approximate surface area is 119 Å². The van der Waals surface area contributed by atoms with Crippen molar-refractivity contribution >= 4 is 0 Å². The maximum Gasteiger partial charge on any atom is 0.0611 e. The summed E-state index contributed by atoms with van der Waals surface area (Å²) in [5, 5.41) is 13.2. The van der Waals surface area contributed by atoms with Crippen LogP contribution in [-0.2, 0) is 0 Å². The van der Waals surface area contributed by atoms with Gasteiger partial charge in [0.15, 0.2) is 0 Å². The van der Waals surface area contributed by atoms with Crippen molar-refractivity contribution in [3.63, 3.8) is 0 Å². The fourth-order valence-corrected chi connectivity index (χ4v) is 3.41. The topological polar surface area (TPSA) is 35.5 Å². The highest BCUT2D eigenvalue weighted by molar-refractivity contribution is 4.90. The van der Waals surface area contributed by atoms with E-state index in [9.17, 15) is 5.11 Å². The first-order valence-corrected chi connectivity index (χ1v) is 7.90. The highest BCUT2D eigenvalue weighted by Gasteiger charge is 2.32. The lowest BCUT2D eigenvalue weighted by Gasteiger charge is -2.36. The van der Waals surface area contributed by atoms with Crippen LogP contribution in [0.4, 0.5) is 0 Å². The maximum absolute atomic E-state index is 9.69. The molecule has 3 atom stereocenters. The summed E-state index contributed by atoms with van der Waals surface area (Å²) in [4.78, 5) is 2.60. The molecule has 0 aromatic carbocycles. The van der Waals surface area contributed by atoms with Crippen LogP contribution in [-0.4, -0.2) is 47.3 Å². The van der Waals surface area contributed by atoms with E-state index in [-0.39, 0.29) is 12.1 Å². The molecule has 3 heteroatoms. The van der Waals surface area contributed by atoms with E-state index >= 15 is 0 Å². The number of nitrogens with zero attached hydrogens (tertiary/aromatic N) is 1. The molecule has 19 heavy (non-hydrogen) atoms. The predicted octanol–water partition coefficient (Wildman–Crippen LogP) is 2.49. The molecule has 0 bridgehead atoms. The summed E-state index contributed by atoms with van der Waals surface area (Å²) in [6.07, 6.45) is 2.34. The van der Waals surface area contributed by atoms with Crippen molar-refractivity contribution in [1.29, 1.82) is 0 Å². The Bertz CT molecular complexity index is 267.